The summed E-state index contributed by atoms with van der Waals surface area (Å²) in [6, 6.07) is 12.3. The Morgan fingerprint density at radius 3 is 1.54 bits per heavy atom. The average molecular weight is 386 g/mol. The highest BCUT2D eigenvalue weighted by Crippen LogP contribution is 2.29. The second-order valence-electron chi connectivity index (χ2n) is 7.21. The highest BCUT2D eigenvalue weighted by molar-refractivity contribution is 5.76. The van der Waals surface area contributed by atoms with Gasteiger partial charge in [-0.1, -0.05) is 24.3 Å². The molecule has 2 amide bonds. The molecule has 2 heterocycles. The number of nitrogens with one attached hydrogen (secondary N) is 2. The van der Waals surface area contributed by atoms with Crippen molar-refractivity contribution in [1.29, 1.82) is 0 Å². The smallest absolute Gasteiger partial charge is 0.315 e. The molecule has 0 spiro atoms. The van der Waals surface area contributed by atoms with Gasteiger partial charge in [-0.3, -0.25) is 0 Å². The topological polar surface area (TPSA) is 47.6 Å². The maximum Gasteiger partial charge on any atom is 0.321 e. The number of rotatable bonds is 2. The monoisotopic (exact) mass is 386 g/mol. The molecular formula is C21H24F2N4O. The molecule has 4 rings (SSSR count). The van der Waals surface area contributed by atoms with Gasteiger partial charge in [-0.15, -0.1) is 0 Å². The van der Waals surface area contributed by atoms with Gasteiger partial charge in [-0.05, 0) is 35.4 Å². The van der Waals surface area contributed by atoms with E-state index in [1.54, 1.807) is 24.3 Å². The fourth-order valence-electron chi connectivity index (χ4n) is 4.00. The molecule has 2 N–H and O–H groups in total. The van der Waals surface area contributed by atoms with Gasteiger partial charge in [0.15, 0.2) is 0 Å². The number of amides is 2. The van der Waals surface area contributed by atoms with Gasteiger partial charge < -0.3 is 20.4 Å². The van der Waals surface area contributed by atoms with Crippen molar-refractivity contribution in [3.05, 3.63) is 71.3 Å². The molecule has 2 fully saturated rings. The molecule has 2 atom stereocenters. The average Bonchev–Trinajstić information content (AvgIpc) is 2.74. The number of urea groups is 1. The molecule has 2 aliphatic heterocycles. The Morgan fingerprint density at radius 2 is 1.14 bits per heavy atom. The van der Waals surface area contributed by atoms with Gasteiger partial charge in [0.2, 0.25) is 0 Å². The van der Waals surface area contributed by atoms with E-state index >= 15 is 0 Å². The van der Waals surface area contributed by atoms with Crippen molar-refractivity contribution in [2.45, 2.75) is 12.1 Å². The summed E-state index contributed by atoms with van der Waals surface area (Å²) in [5.41, 5.74) is 1.82. The molecule has 0 saturated carbocycles. The van der Waals surface area contributed by atoms with Crippen molar-refractivity contribution >= 4 is 6.03 Å². The van der Waals surface area contributed by atoms with Crippen LogP contribution in [-0.4, -0.2) is 55.1 Å². The van der Waals surface area contributed by atoms with E-state index in [9.17, 15) is 13.6 Å². The fraction of sp³-hybridized carbons (Fsp3) is 0.381. The van der Waals surface area contributed by atoms with Crippen molar-refractivity contribution in [3.8, 4) is 0 Å². The fourth-order valence-corrected chi connectivity index (χ4v) is 4.00. The van der Waals surface area contributed by atoms with Crippen LogP contribution in [0.25, 0.3) is 0 Å². The van der Waals surface area contributed by atoms with E-state index in [1.165, 1.54) is 24.3 Å². The Morgan fingerprint density at radius 1 is 0.750 bits per heavy atom. The predicted molar refractivity (Wildman–Crippen MR) is 103 cm³/mol. The zero-order valence-corrected chi connectivity index (χ0v) is 15.6. The van der Waals surface area contributed by atoms with E-state index in [4.69, 9.17) is 0 Å². The summed E-state index contributed by atoms with van der Waals surface area (Å²) in [5, 5.41) is 6.65. The van der Waals surface area contributed by atoms with E-state index in [0.717, 1.165) is 24.2 Å². The van der Waals surface area contributed by atoms with Gasteiger partial charge >= 0.3 is 6.03 Å². The molecule has 28 heavy (non-hydrogen) atoms. The first-order chi connectivity index (χ1) is 13.6. The largest absolute Gasteiger partial charge is 0.321 e. The maximum absolute atomic E-state index is 13.5. The molecule has 0 radical (unpaired) electrons. The third-order valence-corrected chi connectivity index (χ3v) is 5.49. The van der Waals surface area contributed by atoms with Crippen LogP contribution in [-0.2, 0) is 0 Å². The number of nitrogens with zero attached hydrogens (tertiary/aromatic N) is 2. The molecule has 0 aliphatic carbocycles. The lowest BCUT2D eigenvalue weighted by Gasteiger charge is -2.44. The Bertz CT molecular complexity index is 745. The molecule has 5 nitrogen and oxygen atoms in total. The molecule has 7 heteroatoms. The molecule has 148 valence electrons. The van der Waals surface area contributed by atoms with Crippen molar-refractivity contribution in [1.82, 2.24) is 20.4 Å². The summed E-state index contributed by atoms with van der Waals surface area (Å²) in [4.78, 5) is 17.2. The third-order valence-electron chi connectivity index (χ3n) is 5.49. The van der Waals surface area contributed by atoms with Crippen LogP contribution in [0.15, 0.2) is 48.5 Å². The van der Waals surface area contributed by atoms with Crippen LogP contribution in [0.2, 0.25) is 0 Å². The minimum absolute atomic E-state index is 0.0355. The third kappa shape index (κ3) is 3.86. The van der Waals surface area contributed by atoms with Crippen LogP contribution in [0.4, 0.5) is 13.6 Å². The SMILES string of the molecule is O=C(N1CCNCC1c1ccc(F)cc1)N1CCNCC1c1ccc(F)cc1. The van der Waals surface area contributed by atoms with Crippen LogP contribution in [0.1, 0.15) is 23.2 Å². The lowest BCUT2D eigenvalue weighted by atomic mass is 10.0. The highest BCUT2D eigenvalue weighted by Gasteiger charge is 2.35. The van der Waals surface area contributed by atoms with Crippen LogP contribution >= 0.6 is 0 Å². The van der Waals surface area contributed by atoms with Crippen LogP contribution in [0.5, 0.6) is 0 Å². The summed E-state index contributed by atoms with van der Waals surface area (Å²) >= 11 is 0. The maximum atomic E-state index is 13.5. The molecule has 2 aliphatic rings. The molecule has 0 aromatic heterocycles. The van der Waals surface area contributed by atoms with Crippen molar-refractivity contribution < 1.29 is 13.6 Å². The number of carbonyl (C=O) groups is 1. The zero-order valence-electron chi connectivity index (χ0n) is 15.6. The van der Waals surface area contributed by atoms with Crippen LogP contribution < -0.4 is 10.6 Å². The van der Waals surface area contributed by atoms with E-state index in [-0.39, 0.29) is 29.7 Å². The van der Waals surface area contributed by atoms with E-state index in [0.29, 0.717) is 26.2 Å². The van der Waals surface area contributed by atoms with Crippen LogP contribution in [0, 0.1) is 11.6 Å². The Kier molecular flexibility index (Phi) is 5.54. The van der Waals surface area contributed by atoms with Gasteiger partial charge in [0.05, 0.1) is 12.1 Å². The molecule has 0 bridgehead atoms. The van der Waals surface area contributed by atoms with E-state index in [2.05, 4.69) is 10.6 Å². The highest BCUT2D eigenvalue weighted by atomic mass is 19.1. The number of hydrogen-bond acceptors (Lipinski definition) is 3. The quantitative estimate of drug-likeness (QED) is 0.834. The molecule has 2 saturated heterocycles. The van der Waals surface area contributed by atoms with Crippen molar-refractivity contribution in [2.75, 3.05) is 39.3 Å². The summed E-state index contributed by atoms with van der Waals surface area (Å²) in [5.74, 6) is -0.576. The van der Waals surface area contributed by atoms with E-state index in [1.807, 2.05) is 9.80 Å². The number of carbonyl (C=O) groups excluding carboxylic acids is 1. The Hall–Kier alpha value is -2.51. The Balaban J connectivity index is 1.59. The number of benzene rings is 2. The first kappa shape index (κ1) is 18.8. The molecule has 2 unspecified atom stereocenters. The Labute approximate surface area is 163 Å². The standard InChI is InChI=1S/C21H24F2N4O/c22-17-5-1-15(2-6-17)19-13-24-9-11-26(19)21(28)27-12-10-25-14-20(27)16-3-7-18(23)8-4-16/h1-8,19-20,24-25H,9-14H2. The van der Waals surface area contributed by atoms with Gasteiger partial charge in [-0.2, -0.15) is 0 Å². The second-order valence-corrected chi connectivity index (χ2v) is 7.21. The zero-order chi connectivity index (χ0) is 19.5. The molecule has 2 aromatic carbocycles. The summed E-state index contributed by atoms with van der Waals surface area (Å²) < 4.78 is 26.7. The van der Waals surface area contributed by atoms with E-state index < -0.39 is 0 Å². The second kappa shape index (κ2) is 8.24. The van der Waals surface area contributed by atoms with Crippen molar-refractivity contribution in [2.24, 2.45) is 0 Å². The minimum Gasteiger partial charge on any atom is -0.315 e. The first-order valence-electron chi connectivity index (χ1n) is 9.63. The molecular weight excluding hydrogens is 362 g/mol. The predicted octanol–water partition coefficient (Wildman–Crippen LogP) is 2.68. The number of hydrogen-bond donors (Lipinski definition) is 2. The summed E-state index contributed by atoms with van der Waals surface area (Å²) in [7, 11) is 0. The van der Waals surface area contributed by atoms with Gasteiger partial charge in [0.25, 0.3) is 0 Å². The summed E-state index contributed by atoms with van der Waals surface area (Å²) in [6.07, 6.45) is 0. The van der Waals surface area contributed by atoms with Crippen molar-refractivity contribution in [3.63, 3.8) is 0 Å². The molecule has 2 aromatic rings. The van der Waals surface area contributed by atoms with Gasteiger partial charge in [0, 0.05) is 39.3 Å². The van der Waals surface area contributed by atoms with Gasteiger partial charge in [0.1, 0.15) is 11.6 Å². The number of piperazine rings is 2. The van der Waals surface area contributed by atoms with Crippen LogP contribution in [0.3, 0.4) is 0 Å². The summed E-state index contributed by atoms with van der Waals surface area (Å²) in [6.45, 7) is 3.87. The lowest BCUT2D eigenvalue weighted by Crippen LogP contribution is -2.57. The normalized spacial score (nSPS) is 22.9. The van der Waals surface area contributed by atoms with Gasteiger partial charge in [-0.25, -0.2) is 13.6 Å². The lowest BCUT2D eigenvalue weighted by molar-refractivity contribution is 0.0959. The minimum atomic E-state index is -0.288. The first-order valence-corrected chi connectivity index (χ1v) is 9.63. The number of halogens is 2.